The summed E-state index contributed by atoms with van der Waals surface area (Å²) in [5.41, 5.74) is 4.01. The van der Waals surface area contributed by atoms with Crippen molar-refractivity contribution in [3.63, 3.8) is 0 Å². The van der Waals surface area contributed by atoms with Crippen molar-refractivity contribution in [1.29, 1.82) is 0 Å². The Hall–Kier alpha value is -1.57. The second kappa shape index (κ2) is 9.08. The summed E-state index contributed by atoms with van der Waals surface area (Å²) in [5.74, 6) is 0.233. The Kier molecular flexibility index (Phi) is 6.78. The molecule has 0 bridgehead atoms. The van der Waals surface area contributed by atoms with E-state index in [2.05, 4.69) is 27.8 Å². The summed E-state index contributed by atoms with van der Waals surface area (Å²) < 4.78 is 20.7. The standard InChI is InChI=1S/C20H23BrN2O3S/c1-3-5-9-27(25)23-12-15-11-18(20(24)26-4-2)22-19(17(15)13-23)14-7-6-8-16(21)10-14/h6-8,10-11H,3-5,9,12-13H2,1-2H3. The van der Waals surface area contributed by atoms with Crippen LogP contribution >= 0.6 is 15.9 Å². The molecule has 0 N–H and O–H groups in total. The van der Waals surface area contributed by atoms with Gasteiger partial charge in [0.05, 0.1) is 23.3 Å². The Morgan fingerprint density at radius 3 is 2.81 bits per heavy atom. The highest BCUT2D eigenvalue weighted by Crippen LogP contribution is 2.34. The van der Waals surface area contributed by atoms with Crippen LogP contribution in [-0.2, 0) is 28.8 Å². The molecule has 27 heavy (non-hydrogen) atoms. The molecule has 3 rings (SSSR count). The van der Waals surface area contributed by atoms with E-state index in [1.165, 1.54) is 0 Å². The summed E-state index contributed by atoms with van der Waals surface area (Å²) in [6.45, 7) is 5.30. The average molecular weight is 451 g/mol. The molecule has 1 aromatic carbocycles. The maximum absolute atomic E-state index is 12.6. The number of halogens is 1. The molecule has 7 heteroatoms. The lowest BCUT2D eigenvalue weighted by Gasteiger charge is -2.13. The minimum atomic E-state index is -1.03. The predicted octanol–water partition coefficient (Wildman–Crippen LogP) is 4.47. The summed E-state index contributed by atoms with van der Waals surface area (Å²) >= 11 is 3.50. The van der Waals surface area contributed by atoms with Gasteiger partial charge in [-0.25, -0.2) is 18.3 Å². The monoisotopic (exact) mass is 450 g/mol. The second-order valence-electron chi connectivity index (χ2n) is 6.40. The molecule has 1 unspecified atom stereocenters. The van der Waals surface area contributed by atoms with Gasteiger partial charge in [0, 0.05) is 28.9 Å². The molecule has 5 nitrogen and oxygen atoms in total. The summed E-state index contributed by atoms with van der Waals surface area (Å²) in [6, 6.07) is 9.63. The first-order valence-corrected chi connectivity index (χ1v) is 11.2. The molecule has 1 aliphatic heterocycles. The second-order valence-corrected chi connectivity index (χ2v) is 8.89. The highest BCUT2D eigenvalue weighted by atomic mass is 79.9. The fourth-order valence-electron chi connectivity index (χ4n) is 3.09. The van der Waals surface area contributed by atoms with E-state index in [1.807, 2.05) is 28.6 Å². The summed E-state index contributed by atoms with van der Waals surface area (Å²) in [4.78, 5) is 16.9. The molecule has 2 heterocycles. The van der Waals surface area contributed by atoms with Crippen LogP contribution in [0.2, 0.25) is 0 Å². The maximum Gasteiger partial charge on any atom is 0.356 e. The van der Waals surface area contributed by atoms with Gasteiger partial charge < -0.3 is 4.74 Å². The van der Waals surface area contributed by atoms with Crippen molar-refractivity contribution >= 4 is 32.9 Å². The van der Waals surface area contributed by atoms with Gasteiger partial charge >= 0.3 is 5.97 Å². The molecule has 0 radical (unpaired) electrons. The number of hydrogen-bond acceptors (Lipinski definition) is 4. The number of carbonyl (C=O) groups excluding carboxylic acids is 1. The SMILES string of the molecule is CCCCS(=O)N1Cc2cc(C(=O)OCC)nc(-c3cccc(Br)c3)c2C1. The van der Waals surface area contributed by atoms with Crippen LogP contribution < -0.4 is 0 Å². The molecule has 0 saturated heterocycles. The third-order valence-electron chi connectivity index (χ3n) is 4.44. The average Bonchev–Trinajstić information content (AvgIpc) is 3.09. The van der Waals surface area contributed by atoms with Gasteiger partial charge in [0.25, 0.3) is 0 Å². The van der Waals surface area contributed by atoms with Crippen molar-refractivity contribution in [2.24, 2.45) is 0 Å². The molecule has 0 spiro atoms. The zero-order valence-electron chi connectivity index (χ0n) is 15.5. The lowest BCUT2D eigenvalue weighted by molar-refractivity contribution is 0.0519. The summed E-state index contributed by atoms with van der Waals surface area (Å²) in [5, 5.41) is 0. The number of pyridine rings is 1. The topological polar surface area (TPSA) is 59.5 Å². The smallest absolute Gasteiger partial charge is 0.356 e. The first kappa shape index (κ1) is 20.2. The predicted molar refractivity (Wildman–Crippen MR) is 110 cm³/mol. The fraction of sp³-hybridized carbons (Fsp3) is 0.400. The van der Waals surface area contributed by atoms with Gasteiger partial charge in [-0.1, -0.05) is 41.4 Å². The quantitative estimate of drug-likeness (QED) is 0.583. The summed E-state index contributed by atoms with van der Waals surface area (Å²) in [7, 11) is -1.03. The van der Waals surface area contributed by atoms with Gasteiger partial charge in [0.1, 0.15) is 5.69 Å². The van der Waals surface area contributed by atoms with E-state index in [4.69, 9.17) is 4.74 Å². The normalized spacial score (nSPS) is 14.8. The van der Waals surface area contributed by atoms with E-state index in [0.29, 0.717) is 31.1 Å². The van der Waals surface area contributed by atoms with Crippen molar-refractivity contribution in [1.82, 2.24) is 9.29 Å². The molecule has 0 amide bonds. The van der Waals surface area contributed by atoms with Crippen LogP contribution in [0.1, 0.15) is 48.3 Å². The van der Waals surface area contributed by atoms with Gasteiger partial charge in [-0.05, 0) is 42.7 Å². The number of hydrogen-bond donors (Lipinski definition) is 0. The Morgan fingerprint density at radius 2 is 2.11 bits per heavy atom. The highest BCUT2D eigenvalue weighted by Gasteiger charge is 2.28. The molecule has 0 fully saturated rings. The molecule has 0 saturated carbocycles. The van der Waals surface area contributed by atoms with Crippen LogP contribution in [0.25, 0.3) is 11.3 Å². The first-order valence-electron chi connectivity index (χ1n) is 9.12. The van der Waals surface area contributed by atoms with E-state index in [-0.39, 0.29) is 0 Å². The van der Waals surface area contributed by atoms with Crippen molar-refractivity contribution in [2.45, 2.75) is 39.8 Å². The highest BCUT2D eigenvalue weighted by molar-refractivity contribution is 9.10. The molecule has 1 aliphatic rings. The third-order valence-corrected chi connectivity index (χ3v) is 6.41. The van der Waals surface area contributed by atoms with Crippen LogP contribution in [-0.4, -0.2) is 31.8 Å². The van der Waals surface area contributed by atoms with Gasteiger partial charge in [0.2, 0.25) is 0 Å². The molecule has 1 aromatic heterocycles. The fourth-order valence-corrected chi connectivity index (χ4v) is 4.84. The maximum atomic E-state index is 12.6. The number of nitrogens with zero attached hydrogens (tertiary/aromatic N) is 2. The van der Waals surface area contributed by atoms with Crippen molar-refractivity contribution in [3.05, 3.63) is 51.6 Å². The lowest BCUT2D eigenvalue weighted by atomic mass is 10.0. The Labute approximate surface area is 170 Å². The number of unbranched alkanes of at least 4 members (excludes halogenated alkanes) is 1. The molecule has 1 atom stereocenters. The molecule has 144 valence electrons. The molecule has 0 aliphatic carbocycles. The van der Waals surface area contributed by atoms with Crippen LogP contribution in [0.3, 0.4) is 0 Å². The van der Waals surface area contributed by atoms with E-state index >= 15 is 0 Å². The number of carbonyl (C=O) groups is 1. The van der Waals surface area contributed by atoms with E-state index in [9.17, 15) is 9.00 Å². The number of fused-ring (bicyclic) bond motifs is 1. The van der Waals surface area contributed by atoms with Crippen molar-refractivity contribution < 1.29 is 13.7 Å². The molecule has 2 aromatic rings. The number of ether oxygens (including phenoxy) is 1. The van der Waals surface area contributed by atoms with E-state index in [0.717, 1.165) is 39.7 Å². The Morgan fingerprint density at radius 1 is 1.30 bits per heavy atom. The van der Waals surface area contributed by atoms with Crippen molar-refractivity contribution in [2.75, 3.05) is 12.4 Å². The van der Waals surface area contributed by atoms with Crippen LogP contribution in [0.15, 0.2) is 34.8 Å². The largest absolute Gasteiger partial charge is 0.461 e. The minimum Gasteiger partial charge on any atom is -0.461 e. The number of benzene rings is 1. The number of esters is 1. The van der Waals surface area contributed by atoms with Gasteiger partial charge in [-0.15, -0.1) is 0 Å². The minimum absolute atomic E-state index is 0.298. The van der Waals surface area contributed by atoms with Crippen LogP contribution in [0, 0.1) is 0 Å². The summed E-state index contributed by atoms with van der Waals surface area (Å²) in [6.07, 6.45) is 1.95. The van der Waals surface area contributed by atoms with Crippen molar-refractivity contribution in [3.8, 4) is 11.3 Å². The van der Waals surface area contributed by atoms with Crippen LogP contribution in [0.5, 0.6) is 0 Å². The van der Waals surface area contributed by atoms with Gasteiger partial charge in [0.15, 0.2) is 0 Å². The number of rotatable bonds is 7. The van der Waals surface area contributed by atoms with Gasteiger partial charge in [-0.3, -0.25) is 0 Å². The van der Waals surface area contributed by atoms with E-state index < -0.39 is 17.0 Å². The molecular formula is C20H23BrN2O3S. The van der Waals surface area contributed by atoms with Crippen LogP contribution in [0.4, 0.5) is 0 Å². The lowest BCUT2D eigenvalue weighted by Crippen LogP contribution is -2.21. The Balaban J connectivity index is 2.01. The number of aromatic nitrogens is 1. The first-order chi connectivity index (χ1) is 13.0. The zero-order valence-corrected chi connectivity index (χ0v) is 17.9. The zero-order chi connectivity index (χ0) is 19.4. The molecular weight excluding hydrogens is 428 g/mol. The third kappa shape index (κ3) is 4.65. The van der Waals surface area contributed by atoms with E-state index in [1.54, 1.807) is 13.0 Å². The van der Waals surface area contributed by atoms with Gasteiger partial charge in [-0.2, -0.15) is 0 Å². The Bertz CT molecular complexity index is 872.